The van der Waals surface area contributed by atoms with Crippen LogP contribution in [0.1, 0.15) is 38.4 Å². The Labute approximate surface area is 159 Å². The van der Waals surface area contributed by atoms with Crippen LogP contribution < -0.4 is 10.6 Å². The van der Waals surface area contributed by atoms with Crippen molar-refractivity contribution in [3.8, 4) is 0 Å². The number of aromatic nitrogens is 1. The molecule has 26 heavy (non-hydrogen) atoms. The fourth-order valence-electron chi connectivity index (χ4n) is 2.30. The summed E-state index contributed by atoms with van der Waals surface area (Å²) in [4.78, 5) is 23.9. The van der Waals surface area contributed by atoms with E-state index in [4.69, 9.17) is 0 Å². The first-order valence-electron chi connectivity index (χ1n) is 8.66. The highest BCUT2D eigenvalue weighted by atomic mass is 32.1. The number of rotatable bonds is 6. The summed E-state index contributed by atoms with van der Waals surface area (Å²) in [5.41, 5.74) is 2.82. The van der Waals surface area contributed by atoms with Crippen molar-refractivity contribution >= 4 is 23.2 Å². The molecule has 1 aromatic heterocycles. The molecular weight excluding hydrogens is 346 g/mol. The summed E-state index contributed by atoms with van der Waals surface area (Å²) < 4.78 is 0. The Balaban J connectivity index is 1.98. The van der Waals surface area contributed by atoms with Gasteiger partial charge in [-0.2, -0.15) is 0 Å². The molecule has 0 saturated heterocycles. The average Bonchev–Trinajstić information content (AvgIpc) is 2.95. The second-order valence-electron chi connectivity index (χ2n) is 6.19. The number of hydrogen-bond donors (Lipinski definition) is 2. The van der Waals surface area contributed by atoms with Crippen LogP contribution >= 0.6 is 11.3 Å². The Kier molecular flexibility index (Phi) is 7.15. The number of aryl methyl sites for hydroxylation is 2. The van der Waals surface area contributed by atoms with Crippen LogP contribution in [-0.4, -0.2) is 42.4 Å². The number of amides is 1. The van der Waals surface area contributed by atoms with Crippen LogP contribution in [-0.2, 0) is 13.1 Å². The van der Waals surface area contributed by atoms with E-state index in [0.29, 0.717) is 18.7 Å². The summed E-state index contributed by atoms with van der Waals surface area (Å²) in [5.74, 6) is 0.760. The third-order valence-corrected chi connectivity index (χ3v) is 4.92. The molecule has 140 valence electrons. The lowest BCUT2D eigenvalue weighted by Gasteiger charge is -2.11. The Morgan fingerprint density at radius 2 is 1.88 bits per heavy atom. The van der Waals surface area contributed by atoms with E-state index in [-0.39, 0.29) is 5.91 Å². The van der Waals surface area contributed by atoms with Crippen LogP contribution in [0.15, 0.2) is 29.3 Å². The third-order valence-electron chi connectivity index (χ3n) is 3.85. The Bertz CT molecular complexity index is 745. The van der Waals surface area contributed by atoms with E-state index < -0.39 is 0 Å². The van der Waals surface area contributed by atoms with Gasteiger partial charge in [0.1, 0.15) is 5.01 Å². The van der Waals surface area contributed by atoms with Gasteiger partial charge in [0.2, 0.25) is 0 Å². The molecule has 0 fully saturated rings. The minimum absolute atomic E-state index is 0.00379. The molecule has 0 atom stereocenters. The molecule has 7 heteroatoms. The molecule has 1 heterocycles. The molecule has 0 unspecified atom stereocenters. The number of guanidine groups is 1. The zero-order valence-electron chi connectivity index (χ0n) is 16.1. The van der Waals surface area contributed by atoms with Gasteiger partial charge >= 0.3 is 0 Å². The summed E-state index contributed by atoms with van der Waals surface area (Å²) in [5, 5.41) is 7.62. The SMILES string of the molecule is CCNC(=NCc1ccc(C(=O)N(C)C)cc1)NCc1nc(C)c(C)s1. The summed E-state index contributed by atoms with van der Waals surface area (Å²) >= 11 is 1.70. The molecule has 6 nitrogen and oxygen atoms in total. The first kappa shape index (κ1) is 19.9. The van der Waals surface area contributed by atoms with Crippen LogP contribution in [0.4, 0.5) is 0 Å². The van der Waals surface area contributed by atoms with Crippen molar-refractivity contribution in [2.24, 2.45) is 4.99 Å². The van der Waals surface area contributed by atoms with E-state index in [9.17, 15) is 4.79 Å². The quantitative estimate of drug-likeness (QED) is 0.603. The van der Waals surface area contributed by atoms with E-state index >= 15 is 0 Å². The van der Waals surface area contributed by atoms with Crippen molar-refractivity contribution in [2.75, 3.05) is 20.6 Å². The zero-order valence-corrected chi connectivity index (χ0v) is 16.9. The van der Waals surface area contributed by atoms with Gasteiger partial charge in [-0.15, -0.1) is 11.3 Å². The topological polar surface area (TPSA) is 69.6 Å². The van der Waals surface area contributed by atoms with Crippen molar-refractivity contribution in [2.45, 2.75) is 33.9 Å². The maximum absolute atomic E-state index is 11.9. The summed E-state index contributed by atoms with van der Waals surface area (Å²) in [6, 6.07) is 7.57. The van der Waals surface area contributed by atoms with Gasteiger partial charge in [0, 0.05) is 31.1 Å². The predicted molar refractivity (Wildman–Crippen MR) is 108 cm³/mol. The van der Waals surface area contributed by atoms with Gasteiger partial charge in [-0.3, -0.25) is 4.79 Å². The monoisotopic (exact) mass is 373 g/mol. The summed E-state index contributed by atoms with van der Waals surface area (Å²) in [6.07, 6.45) is 0. The molecule has 0 spiro atoms. The number of thiazole rings is 1. The number of carbonyl (C=O) groups is 1. The van der Waals surface area contributed by atoms with Gasteiger partial charge in [-0.05, 0) is 38.5 Å². The second kappa shape index (κ2) is 9.33. The van der Waals surface area contributed by atoms with Crippen LogP contribution in [0, 0.1) is 13.8 Å². The van der Waals surface area contributed by atoms with E-state index in [1.807, 2.05) is 38.1 Å². The van der Waals surface area contributed by atoms with Crippen LogP contribution in [0.5, 0.6) is 0 Å². The Morgan fingerprint density at radius 1 is 1.19 bits per heavy atom. The lowest BCUT2D eigenvalue weighted by molar-refractivity contribution is 0.0827. The van der Waals surface area contributed by atoms with Crippen LogP contribution in [0.25, 0.3) is 0 Å². The molecule has 1 aromatic carbocycles. The first-order chi connectivity index (χ1) is 12.4. The number of aliphatic imine (C=N–C) groups is 1. The number of nitrogens with one attached hydrogen (secondary N) is 2. The van der Waals surface area contributed by atoms with Crippen molar-refractivity contribution < 1.29 is 4.79 Å². The maximum atomic E-state index is 11.9. The molecule has 0 aliphatic heterocycles. The summed E-state index contributed by atoms with van der Waals surface area (Å²) in [7, 11) is 3.50. The molecular formula is C19H27N5OS. The van der Waals surface area contributed by atoms with Crippen molar-refractivity contribution in [1.82, 2.24) is 20.5 Å². The van der Waals surface area contributed by atoms with Gasteiger partial charge in [0.05, 0.1) is 18.8 Å². The molecule has 0 radical (unpaired) electrons. The molecule has 0 aliphatic carbocycles. The molecule has 2 aromatic rings. The first-order valence-corrected chi connectivity index (χ1v) is 9.48. The average molecular weight is 374 g/mol. The van der Waals surface area contributed by atoms with Crippen LogP contribution in [0.2, 0.25) is 0 Å². The highest BCUT2D eigenvalue weighted by molar-refractivity contribution is 7.11. The van der Waals surface area contributed by atoms with E-state index in [1.54, 1.807) is 30.3 Å². The van der Waals surface area contributed by atoms with E-state index in [0.717, 1.165) is 28.8 Å². The second-order valence-corrected chi connectivity index (χ2v) is 7.48. The largest absolute Gasteiger partial charge is 0.357 e. The molecule has 2 rings (SSSR count). The van der Waals surface area contributed by atoms with Crippen molar-refractivity contribution in [3.05, 3.63) is 51.0 Å². The maximum Gasteiger partial charge on any atom is 0.253 e. The zero-order chi connectivity index (χ0) is 19.1. The normalized spacial score (nSPS) is 11.3. The molecule has 0 aliphatic rings. The smallest absolute Gasteiger partial charge is 0.253 e. The lowest BCUT2D eigenvalue weighted by atomic mass is 10.1. The van der Waals surface area contributed by atoms with Gasteiger partial charge in [0.25, 0.3) is 5.91 Å². The molecule has 1 amide bonds. The third kappa shape index (κ3) is 5.56. The summed E-state index contributed by atoms with van der Waals surface area (Å²) in [6.45, 7) is 8.14. The fraction of sp³-hybridized carbons (Fsp3) is 0.421. The van der Waals surface area contributed by atoms with Gasteiger partial charge < -0.3 is 15.5 Å². The highest BCUT2D eigenvalue weighted by Gasteiger charge is 2.07. The van der Waals surface area contributed by atoms with E-state index in [1.165, 1.54) is 4.88 Å². The fourth-order valence-corrected chi connectivity index (χ4v) is 3.17. The van der Waals surface area contributed by atoms with Gasteiger partial charge in [-0.25, -0.2) is 9.98 Å². The number of carbonyl (C=O) groups excluding carboxylic acids is 1. The minimum atomic E-state index is 0.00379. The highest BCUT2D eigenvalue weighted by Crippen LogP contribution is 2.15. The number of benzene rings is 1. The van der Waals surface area contributed by atoms with Gasteiger partial charge in [0.15, 0.2) is 5.96 Å². The predicted octanol–water partition coefficient (Wildman–Crippen LogP) is 2.72. The van der Waals surface area contributed by atoms with Crippen molar-refractivity contribution in [1.29, 1.82) is 0 Å². The lowest BCUT2D eigenvalue weighted by Crippen LogP contribution is -2.36. The molecule has 0 saturated carbocycles. The Morgan fingerprint density at radius 3 is 2.42 bits per heavy atom. The number of nitrogens with zero attached hydrogens (tertiary/aromatic N) is 3. The van der Waals surface area contributed by atoms with Crippen LogP contribution in [0.3, 0.4) is 0 Å². The number of hydrogen-bond acceptors (Lipinski definition) is 4. The van der Waals surface area contributed by atoms with E-state index in [2.05, 4.69) is 27.5 Å². The van der Waals surface area contributed by atoms with Crippen molar-refractivity contribution in [3.63, 3.8) is 0 Å². The molecule has 2 N–H and O–H groups in total. The van der Waals surface area contributed by atoms with Gasteiger partial charge in [-0.1, -0.05) is 12.1 Å². The Hall–Kier alpha value is -2.41. The molecule has 0 bridgehead atoms. The minimum Gasteiger partial charge on any atom is -0.357 e. The standard InChI is InChI=1S/C19H27N5OS/c1-6-20-19(22-12-17-23-13(2)14(3)26-17)21-11-15-7-9-16(10-8-15)18(25)24(4)5/h7-10H,6,11-12H2,1-5H3,(H2,20,21,22).